The molecule has 2 aromatic heterocycles. The van der Waals surface area contributed by atoms with Crippen LogP contribution in [0.5, 0.6) is 0 Å². The maximum atomic E-state index is 11.9. The second-order valence-electron chi connectivity index (χ2n) is 4.33. The summed E-state index contributed by atoms with van der Waals surface area (Å²) in [5.41, 5.74) is 1.48. The Balaban J connectivity index is 1.99. The average molecular weight is 342 g/mol. The zero-order chi connectivity index (χ0) is 14.5. The van der Waals surface area contributed by atoms with E-state index in [-0.39, 0.29) is 18.7 Å². The standard InChI is InChI=1S/C12H16BrN5O2/c1-9-6-15-17(8-9)3-2-14-10-7-16-18(4-5-19)12(20)11(10)13/h6-8,14,19H,2-5H2,1H3. The van der Waals surface area contributed by atoms with Crippen molar-refractivity contribution in [3.05, 3.63) is 39.0 Å². The SMILES string of the molecule is Cc1cnn(CCNc2cnn(CCO)c(=O)c2Br)c1. The maximum Gasteiger partial charge on any atom is 0.283 e. The van der Waals surface area contributed by atoms with E-state index in [0.717, 1.165) is 5.56 Å². The predicted molar refractivity (Wildman–Crippen MR) is 78.7 cm³/mol. The Hall–Kier alpha value is -1.67. The van der Waals surface area contributed by atoms with Crippen LogP contribution in [0.15, 0.2) is 27.9 Å². The molecule has 0 aliphatic heterocycles. The molecule has 2 heterocycles. The molecule has 7 nitrogen and oxygen atoms in total. The van der Waals surface area contributed by atoms with Gasteiger partial charge < -0.3 is 10.4 Å². The quantitative estimate of drug-likeness (QED) is 0.804. The van der Waals surface area contributed by atoms with E-state index in [1.54, 1.807) is 12.4 Å². The summed E-state index contributed by atoms with van der Waals surface area (Å²) in [5.74, 6) is 0. The number of aliphatic hydroxyl groups is 1. The van der Waals surface area contributed by atoms with Crippen molar-refractivity contribution in [1.82, 2.24) is 19.6 Å². The van der Waals surface area contributed by atoms with Crippen LogP contribution < -0.4 is 10.9 Å². The number of nitrogens with zero attached hydrogens (tertiary/aromatic N) is 4. The largest absolute Gasteiger partial charge is 0.394 e. The van der Waals surface area contributed by atoms with Gasteiger partial charge in [0.05, 0.1) is 37.8 Å². The van der Waals surface area contributed by atoms with E-state index >= 15 is 0 Å². The Bertz CT molecular complexity index is 637. The minimum Gasteiger partial charge on any atom is -0.394 e. The van der Waals surface area contributed by atoms with Crippen LogP contribution in [0, 0.1) is 6.92 Å². The van der Waals surface area contributed by atoms with Crippen molar-refractivity contribution in [2.45, 2.75) is 20.0 Å². The Labute approximate surface area is 124 Å². The minimum absolute atomic E-state index is 0.120. The van der Waals surface area contributed by atoms with Crippen molar-refractivity contribution >= 4 is 21.6 Å². The van der Waals surface area contributed by atoms with E-state index in [4.69, 9.17) is 5.11 Å². The molecule has 20 heavy (non-hydrogen) atoms. The van der Waals surface area contributed by atoms with Crippen LogP contribution in [0.25, 0.3) is 0 Å². The van der Waals surface area contributed by atoms with Crippen molar-refractivity contribution in [1.29, 1.82) is 0 Å². The molecule has 0 bridgehead atoms. The lowest BCUT2D eigenvalue weighted by molar-refractivity contribution is 0.266. The van der Waals surface area contributed by atoms with Crippen LogP contribution in [0.4, 0.5) is 5.69 Å². The number of rotatable bonds is 6. The maximum absolute atomic E-state index is 11.9. The first-order chi connectivity index (χ1) is 9.61. The molecule has 0 aromatic carbocycles. The van der Waals surface area contributed by atoms with Crippen molar-refractivity contribution in [3.63, 3.8) is 0 Å². The molecule has 0 atom stereocenters. The fraction of sp³-hybridized carbons (Fsp3) is 0.417. The highest BCUT2D eigenvalue weighted by Crippen LogP contribution is 2.15. The highest BCUT2D eigenvalue weighted by atomic mass is 79.9. The number of anilines is 1. The number of aliphatic hydroxyl groups excluding tert-OH is 1. The number of aryl methyl sites for hydroxylation is 1. The van der Waals surface area contributed by atoms with Gasteiger partial charge in [0, 0.05) is 12.7 Å². The summed E-state index contributed by atoms with van der Waals surface area (Å²) in [7, 11) is 0. The lowest BCUT2D eigenvalue weighted by atomic mass is 10.4. The van der Waals surface area contributed by atoms with Gasteiger partial charge >= 0.3 is 0 Å². The molecular formula is C12H16BrN5O2. The molecule has 2 aromatic rings. The first-order valence-corrected chi connectivity index (χ1v) is 7.00. The molecule has 0 amide bonds. The molecule has 2 rings (SSSR count). The minimum atomic E-state index is -0.265. The average Bonchev–Trinajstić information content (AvgIpc) is 2.84. The molecule has 8 heteroatoms. The lowest BCUT2D eigenvalue weighted by Crippen LogP contribution is -2.26. The molecule has 0 saturated carbocycles. The van der Waals surface area contributed by atoms with Crippen LogP contribution in [-0.2, 0) is 13.1 Å². The topological polar surface area (TPSA) is 85.0 Å². The summed E-state index contributed by atoms with van der Waals surface area (Å²) in [5, 5.41) is 20.1. The molecule has 0 saturated heterocycles. The molecule has 0 aliphatic rings. The third-order valence-electron chi connectivity index (χ3n) is 2.72. The smallest absolute Gasteiger partial charge is 0.283 e. The van der Waals surface area contributed by atoms with Gasteiger partial charge in [-0.2, -0.15) is 10.2 Å². The van der Waals surface area contributed by atoms with E-state index in [1.807, 2.05) is 17.8 Å². The first-order valence-electron chi connectivity index (χ1n) is 6.21. The second-order valence-corrected chi connectivity index (χ2v) is 5.12. The highest BCUT2D eigenvalue weighted by molar-refractivity contribution is 9.10. The van der Waals surface area contributed by atoms with E-state index in [9.17, 15) is 4.79 Å². The van der Waals surface area contributed by atoms with Crippen LogP contribution >= 0.6 is 15.9 Å². The number of halogens is 1. The highest BCUT2D eigenvalue weighted by Gasteiger charge is 2.08. The Kier molecular flexibility index (Phi) is 4.91. The number of hydrogen-bond acceptors (Lipinski definition) is 5. The zero-order valence-electron chi connectivity index (χ0n) is 11.1. The van der Waals surface area contributed by atoms with Gasteiger partial charge in [-0.25, -0.2) is 4.68 Å². The van der Waals surface area contributed by atoms with Gasteiger partial charge in [0.1, 0.15) is 4.47 Å². The number of hydrogen-bond donors (Lipinski definition) is 2. The fourth-order valence-corrected chi connectivity index (χ4v) is 2.18. The summed E-state index contributed by atoms with van der Waals surface area (Å²) in [6, 6.07) is 0. The molecule has 108 valence electrons. The fourth-order valence-electron chi connectivity index (χ4n) is 1.74. The van der Waals surface area contributed by atoms with Gasteiger partial charge in [-0.05, 0) is 28.4 Å². The van der Waals surface area contributed by atoms with E-state index in [2.05, 4.69) is 31.4 Å². The van der Waals surface area contributed by atoms with Gasteiger partial charge in [-0.1, -0.05) is 0 Å². The summed E-state index contributed by atoms with van der Waals surface area (Å²) in [4.78, 5) is 11.9. The third-order valence-corrected chi connectivity index (χ3v) is 3.48. The summed E-state index contributed by atoms with van der Waals surface area (Å²) >= 11 is 3.25. The molecule has 0 aliphatic carbocycles. The van der Waals surface area contributed by atoms with Crippen molar-refractivity contribution < 1.29 is 5.11 Å². The molecule has 0 radical (unpaired) electrons. The third kappa shape index (κ3) is 3.45. The normalized spacial score (nSPS) is 10.8. The van der Waals surface area contributed by atoms with Gasteiger partial charge in [-0.3, -0.25) is 9.48 Å². The van der Waals surface area contributed by atoms with Crippen LogP contribution in [-0.4, -0.2) is 37.8 Å². The second kappa shape index (κ2) is 6.67. The monoisotopic (exact) mass is 341 g/mol. The first kappa shape index (κ1) is 14.7. The number of nitrogens with one attached hydrogen (secondary N) is 1. The van der Waals surface area contributed by atoms with E-state index in [1.165, 1.54) is 4.68 Å². The van der Waals surface area contributed by atoms with Crippen LogP contribution in [0.2, 0.25) is 0 Å². The summed E-state index contributed by atoms with van der Waals surface area (Å²) < 4.78 is 3.46. The van der Waals surface area contributed by atoms with Crippen LogP contribution in [0.3, 0.4) is 0 Å². The van der Waals surface area contributed by atoms with Gasteiger partial charge in [0.2, 0.25) is 0 Å². The van der Waals surface area contributed by atoms with E-state index < -0.39 is 0 Å². The van der Waals surface area contributed by atoms with Gasteiger partial charge in [0.15, 0.2) is 0 Å². The zero-order valence-corrected chi connectivity index (χ0v) is 12.7. The molecule has 0 fully saturated rings. The number of aromatic nitrogens is 4. The predicted octanol–water partition coefficient (Wildman–Crippen LogP) is 0.615. The van der Waals surface area contributed by atoms with Crippen LogP contribution in [0.1, 0.15) is 5.56 Å². The van der Waals surface area contributed by atoms with Crippen molar-refractivity contribution in [2.75, 3.05) is 18.5 Å². The van der Waals surface area contributed by atoms with E-state index in [0.29, 0.717) is 23.2 Å². The molecule has 0 spiro atoms. The molecule has 0 unspecified atom stereocenters. The molecule has 2 N–H and O–H groups in total. The Morgan fingerprint density at radius 3 is 2.80 bits per heavy atom. The van der Waals surface area contributed by atoms with Gasteiger partial charge in [0.25, 0.3) is 5.56 Å². The summed E-state index contributed by atoms with van der Waals surface area (Å²) in [6.07, 6.45) is 5.32. The van der Waals surface area contributed by atoms with Gasteiger partial charge in [-0.15, -0.1) is 0 Å². The van der Waals surface area contributed by atoms with Crippen molar-refractivity contribution in [3.8, 4) is 0 Å². The molecular weight excluding hydrogens is 326 g/mol. The Morgan fingerprint density at radius 1 is 1.35 bits per heavy atom. The Morgan fingerprint density at radius 2 is 2.15 bits per heavy atom. The lowest BCUT2D eigenvalue weighted by Gasteiger charge is -2.10. The summed E-state index contributed by atoms with van der Waals surface area (Å²) in [6.45, 7) is 3.37. The van der Waals surface area contributed by atoms with Crippen molar-refractivity contribution in [2.24, 2.45) is 0 Å².